The number of benzene rings is 2. The van der Waals surface area contributed by atoms with Crippen LogP contribution in [0, 0.1) is 5.92 Å². The highest BCUT2D eigenvalue weighted by atomic mass is 35.5. The fourth-order valence-electron chi connectivity index (χ4n) is 3.92. The topological polar surface area (TPSA) is 64.8 Å². The van der Waals surface area contributed by atoms with Crippen molar-refractivity contribution in [1.82, 2.24) is 4.90 Å². The second kappa shape index (κ2) is 10.2. The first-order chi connectivity index (χ1) is 13.7. The van der Waals surface area contributed by atoms with Crippen LogP contribution >= 0.6 is 24.2 Å². The van der Waals surface area contributed by atoms with Gasteiger partial charge in [0.1, 0.15) is 13.2 Å². The van der Waals surface area contributed by atoms with Crippen molar-refractivity contribution in [2.24, 2.45) is 11.7 Å². The summed E-state index contributed by atoms with van der Waals surface area (Å²) in [6.45, 7) is 3.30. The van der Waals surface area contributed by atoms with Gasteiger partial charge in [-0.25, -0.2) is 0 Å². The van der Waals surface area contributed by atoms with E-state index in [1.54, 1.807) is 11.8 Å². The molecule has 2 aliphatic rings. The lowest BCUT2D eigenvalue weighted by Crippen LogP contribution is -2.30. The SMILES string of the molecule is Cl.NC[C@@H]1CN(C(=O)CCSc2ccc3c(c2)OCCO3)C[C@H]1c1ccccc1. The highest BCUT2D eigenvalue weighted by molar-refractivity contribution is 7.99. The van der Waals surface area contributed by atoms with E-state index in [-0.39, 0.29) is 18.3 Å². The van der Waals surface area contributed by atoms with E-state index in [0.717, 1.165) is 35.2 Å². The molecule has 1 fully saturated rings. The molecule has 7 heteroatoms. The quantitative estimate of drug-likeness (QED) is 0.704. The van der Waals surface area contributed by atoms with Gasteiger partial charge in [0, 0.05) is 36.1 Å². The maximum Gasteiger partial charge on any atom is 0.223 e. The summed E-state index contributed by atoms with van der Waals surface area (Å²) in [6, 6.07) is 16.4. The predicted octanol–water partition coefficient (Wildman–Crippen LogP) is 3.56. The largest absolute Gasteiger partial charge is 0.486 e. The fourth-order valence-corrected chi connectivity index (χ4v) is 4.79. The molecule has 0 aliphatic carbocycles. The number of ether oxygens (including phenoxy) is 2. The van der Waals surface area contributed by atoms with E-state index in [1.165, 1.54) is 5.56 Å². The average molecular weight is 435 g/mol. The van der Waals surface area contributed by atoms with Gasteiger partial charge in [-0.1, -0.05) is 30.3 Å². The number of rotatable bonds is 6. The van der Waals surface area contributed by atoms with E-state index in [4.69, 9.17) is 15.2 Å². The van der Waals surface area contributed by atoms with Crippen LogP contribution in [0.2, 0.25) is 0 Å². The lowest BCUT2D eigenvalue weighted by Gasteiger charge is -2.19. The number of hydrogen-bond acceptors (Lipinski definition) is 5. The summed E-state index contributed by atoms with van der Waals surface area (Å²) < 4.78 is 11.2. The monoisotopic (exact) mass is 434 g/mol. The standard InChI is InChI=1S/C22H26N2O3S.ClH/c23-13-17-14-24(15-19(17)16-4-2-1-3-5-16)22(25)8-11-28-18-6-7-20-21(12-18)27-10-9-26-20;/h1-7,12,17,19H,8-11,13-15,23H2;1H/t17-,19+;/m1./s1. The van der Waals surface area contributed by atoms with Gasteiger partial charge in [-0.2, -0.15) is 0 Å². The molecule has 1 saturated heterocycles. The average Bonchev–Trinajstić information content (AvgIpc) is 3.19. The summed E-state index contributed by atoms with van der Waals surface area (Å²) in [7, 11) is 0. The van der Waals surface area contributed by atoms with Crippen molar-refractivity contribution in [3.05, 3.63) is 54.1 Å². The number of halogens is 1. The second-order valence-electron chi connectivity index (χ2n) is 7.22. The molecule has 29 heavy (non-hydrogen) atoms. The van der Waals surface area contributed by atoms with Crippen molar-refractivity contribution in [3.63, 3.8) is 0 Å². The molecule has 2 aliphatic heterocycles. The first-order valence-electron chi connectivity index (χ1n) is 9.80. The minimum Gasteiger partial charge on any atom is -0.486 e. The third-order valence-electron chi connectivity index (χ3n) is 5.42. The van der Waals surface area contributed by atoms with Crippen molar-refractivity contribution in [2.75, 3.05) is 38.6 Å². The number of amides is 1. The molecule has 0 aromatic heterocycles. The molecule has 156 valence electrons. The number of carbonyl (C=O) groups excluding carboxylic acids is 1. The van der Waals surface area contributed by atoms with Crippen LogP contribution in [0.5, 0.6) is 11.5 Å². The summed E-state index contributed by atoms with van der Waals surface area (Å²) in [6.07, 6.45) is 0.526. The zero-order chi connectivity index (χ0) is 19.3. The van der Waals surface area contributed by atoms with E-state index in [0.29, 0.717) is 38.0 Å². The Hall–Kier alpha value is -1.89. The van der Waals surface area contributed by atoms with Gasteiger partial charge in [0.25, 0.3) is 0 Å². The van der Waals surface area contributed by atoms with E-state index in [1.807, 2.05) is 29.2 Å². The molecule has 2 aromatic rings. The Morgan fingerprint density at radius 3 is 2.59 bits per heavy atom. The van der Waals surface area contributed by atoms with Crippen LogP contribution in [0.4, 0.5) is 0 Å². The molecule has 5 nitrogen and oxygen atoms in total. The number of thioether (sulfide) groups is 1. The second-order valence-corrected chi connectivity index (χ2v) is 8.38. The van der Waals surface area contributed by atoms with E-state index in [2.05, 4.69) is 24.3 Å². The number of carbonyl (C=O) groups is 1. The first kappa shape index (κ1) is 21.8. The van der Waals surface area contributed by atoms with E-state index in [9.17, 15) is 4.79 Å². The zero-order valence-corrected chi connectivity index (χ0v) is 17.9. The molecule has 0 radical (unpaired) electrons. The number of hydrogen-bond donors (Lipinski definition) is 1. The summed E-state index contributed by atoms with van der Waals surface area (Å²) in [5, 5.41) is 0. The highest BCUT2D eigenvalue weighted by Gasteiger charge is 2.34. The fraction of sp³-hybridized carbons (Fsp3) is 0.409. The molecule has 0 unspecified atom stereocenters. The molecular formula is C22H27ClN2O3S. The molecule has 2 aromatic carbocycles. The third-order valence-corrected chi connectivity index (χ3v) is 6.42. The van der Waals surface area contributed by atoms with Crippen molar-refractivity contribution in [2.45, 2.75) is 17.2 Å². The van der Waals surface area contributed by atoms with Gasteiger partial charge < -0.3 is 20.1 Å². The van der Waals surface area contributed by atoms with Crippen LogP contribution in [0.3, 0.4) is 0 Å². The van der Waals surface area contributed by atoms with Crippen molar-refractivity contribution < 1.29 is 14.3 Å². The van der Waals surface area contributed by atoms with Crippen LogP contribution in [0.15, 0.2) is 53.4 Å². The van der Waals surface area contributed by atoms with Crippen LogP contribution in [0.25, 0.3) is 0 Å². The number of nitrogens with two attached hydrogens (primary N) is 1. The minimum atomic E-state index is 0. The molecule has 2 atom stereocenters. The number of fused-ring (bicyclic) bond motifs is 1. The summed E-state index contributed by atoms with van der Waals surface area (Å²) >= 11 is 1.68. The van der Waals surface area contributed by atoms with E-state index < -0.39 is 0 Å². The Bertz CT molecular complexity index is 821. The van der Waals surface area contributed by atoms with Crippen LogP contribution in [-0.4, -0.2) is 49.4 Å². The Morgan fingerprint density at radius 2 is 1.83 bits per heavy atom. The molecule has 1 amide bonds. The number of likely N-dealkylation sites (tertiary alicyclic amines) is 1. The van der Waals surface area contributed by atoms with Crippen LogP contribution in [0.1, 0.15) is 17.9 Å². The molecular weight excluding hydrogens is 408 g/mol. The van der Waals surface area contributed by atoms with Crippen LogP contribution < -0.4 is 15.2 Å². The molecule has 4 rings (SSSR count). The summed E-state index contributed by atoms with van der Waals surface area (Å²) in [5.74, 6) is 3.21. The van der Waals surface area contributed by atoms with Crippen LogP contribution in [-0.2, 0) is 4.79 Å². The van der Waals surface area contributed by atoms with Gasteiger partial charge in [0.2, 0.25) is 5.91 Å². The van der Waals surface area contributed by atoms with Gasteiger partial charge in [0.15, 0.2) is 11.5 Å². The van der Waals surface area contributed by atoms with Gasteiger partial charge in [-0.3, -0.25) is 4.79 Å². The van der Waals surface area contributed by atoms with Crippen molar-refractivity contribution in [1.29, 1.82) is 0 Å². The molecule has 0 bridgehead atoms. The zero-order valence-electron chi connectivity index (χ0n) is 16.3. The Labute approximate surface area is 182 Å². The molecule has 2 heterocycles. The minimum absolute atomic E-state index is 0. The Balaban J connectivity index is 0.00000240. The van der Waals surface area contributed by atoms with Gasteiger partial charge in [-0.15, -0.1) is 24.2 Å². The summed E-state index contributed by atoms with van der Waals surface area (Å²) in [4.78, 5) is 15.8. The normalized spacial score (nSPS) is 20.2. The van der Waals surface area contributed by atoms with Gasteiger partial charge in [0.05, 0.1) is 0 Å². The summed E-state index contributed by atoms with van der Waals surface area (Å²) in [5.41, 5.74) is 7.27. The lowest BCUT2D eigenvalue weighted by molar-refractivity contribution is -0.129. The first-order valence-corrected chi connectivity index (χ1v) is 10.8. The Kier molecular flexibility index (Phi) is 7.70. The highest BCUT2D eigenvalue weighted by Crippen LogP contribution is 2.35. The molecule has 2 N–H and O–H groups in total. The maximum absolute atomic E-state index is 12.7. The Morgan fingerprint density at radius 1 is 1.07 bits per heavy atom. The van der Waals surface area contributed by atoms with Gasteiger partial charge in [-0.05, 0) is 36.2 Å². The number of nitrogens with zero attached hydrogens (tertiary/aromatic N) is 1. The molecule has 0 spiro atoms. The third kappa shape index (κ3) is 5.18. The predicted molar refractivity (Wildman–Crippen MR) is 118 cm³/mol. The van der Waals surface area contributed by atoms with Crippen molar-refractivity contribution in [3.8, 4) is 11.5 Å². The van der Waals surface area contributed by atoms with Crippen molar-refractivity contribution >= 4 is 30.1 Å². The van der Waals surface area contributed by atoms with E-state index >= 15 is 0 Å². The maximum atomic E-state index is 12.7. The molecule has 0 saturated carbocycles. The smallest absolute Gasteiger partial charge is 0.223 e. The lowest BCUT2D eigenvalue weighted by atomic mass is 9.89. The van der Waals surface area contributed by atoms with Gasteiger partial charge >= 0.3 is 0 Å².